The van der Waals surface area contributed by atoms with Crippen LogP contribution in [0, 0.1) is 10.1 Å². The monoisotopic (exact) mass is 297 g/mol. The third-order valence-corrected chi connectivity index (χ3v) is 3.79. The van der Waals surface area contributed by atoms with E-state index in [9.17, 15) is 10.1 Å². The maximum Gasteiger partial charge on any atom is 0.269 e. The van der Waals surface area contributed by atoms with Gasteiger partial charge >= 0.3 is 0 Å². The molecule has 0 aliphatic carbocycles. The van der Waals surface area contributed by atoms with Crippen LogP contribution in [0.15, 0.2) is 18.2 Å². The third-order valence-electron chi connectivity index (χ3n) is 2.81. The summed E-state index contributed by atoms with van der Waals surface area (Å²) in [5.41, 5.74) is 2.18. The molecule has 112 valence electrons. The summed E-state index contributed by atoms with van der Waals surface area (Å²) in [5.74, 6) is 1.81. The lowest BCUT2D eigenvalue weighted by Gasteiger charge is -2.12. The number of rotatable bonds is 9. The van der Waals surface area contributed by atoms with E-state index in [1.807, 2.05) is 20.2 Å². The average Bonchev–Trinajstić information content (AvgIpc) is 2.41. The Morgan fingerprint density at radius 1 is 1.40 bits per heavy atom. The SMILES string of the molecule is CCCNc1ccc([N+](=O)[O-])cc1CSCCN(C)C. The molecule has 0 atom stereocenters. The number of hydrogen-bond donors (Lipinski definition) is 1. The maximum absolute atomic E-state index is 10.9. The summed E-state index contributed by atoms with van der Waals surface area (Å²) < 4.78 is 0. The van der Waals surface area contributed by atoms with E-state index in [1.165, 1.54) is 0 Å². The first kappa shape index (κ1) is 16.8. The Labute approximate surface area is 124 Å². The molecule has 0 aromatic heterocycles. The van der Waals surface area contributed by atoms with Gasteiger partial charge in [-0.1, -0.05) is 6.92 Å². The fourth-order valence-electron chi connectivity index (χ4n) is 1.67. The molecule has 1 aromatic rings. The minimum atomic E-state index is -0.336. The second-order valence-corrected chi connectivity index (χ2v) is 5.99. The quantitative estimate of drug-likeness (QED) is 0.431. The average molecular weight is 297 g/mol. The van der Waals surface area contributed by atoms with E-state index < -0.39 is 0 Å². The zero-order chi connectivity index (χ0) is 15.0. The molecule has 0 saturated heterocycles. The summed E-state index contributed by atoms with van der Waals surface area (Å²) in [5, 5.41) is 14.2. The second-order valence-electron chi connectivity index (χ2n) is 4.88. The summed E-state index contributed by atoms with van der Waals surface area (Å²) in [6.45, 7) is 3.99. The van der Waals surface area contributed by atoms with Crippen molar-refractivity contribution in [2.45, 2.75) is 19.1 Å². The first-order valence-corrected chi connectivity index (χ1v) is 7.93. The molecule has 6 heteroatoms. The highest BCUT2D eigenvalue weighted by Gasteiger charge is 2.10. The molecule has 0 aliphatic heterocycles. The summed E-state index contributed by atoms with van der Waals surface area (Å²) in [4.78, 5) is 12.7. The molecule has 1 N–H and O–H groups in total. The van der Waals surface area contributed by atoms with Gasteiger partial charge in [-0.05, 0) is 32.1 Å². The zero-order valence-corrected chi connectivity index (χ0v) is 13.2. The molecule has 0 spiro atoms. The standard InChI is InChI=1S/C14H23N3O2S/c1-4-7-15-14-6-5-13(17(18)19)10-12(14)11-20-9-8-16(2)3/h5-6,10,15H,4,7-9,11H2,1-3H3. The van der Waals surface area contributed by atoms with Gasteiger partial charge in [-0.2, -0.15) is 11.8 Å². The van der Waals surface area contributed by atoms with Gasteiger partial charge in [-0.3, -0.25) is 10.1 Å². The number of nitrogens with zero attached hydrogens (tertiary/aromatic N) is 2. The predicted octanol–water partition coefficient (Wildman–Crippen LogP) is 3.21. The van der Waals surface area contributed by atoms with Crippen LogP contribution >= 0.6 is 11.8 Å². The van der Waals surface area contributed by atoms with Crippen LogP contribution in [0.25, 0.3) is 0 Å². The molecule has 0 aliphatic rings. The topological polar surface area (TPSA) is 58.4 Å². The van der Waals surface area contributed by atoms with E-state index in [-0.39, 0.29) is 10.6 Å². The minimum absolute atomic E-state index is 0.162. The lowest BCUT2D eigenvalue weighted by Crippen LogP contribution is -2.14. The molecule has 0 unspecified atom stereocenters. The fraction of sp³-hybridized carbons (Fsp3) is 0.571. The second kappa shape index (κ2) is 8.81. The number of nitrogens with one attached hydrogen (secondary N) is 1. The third kappa shape index (κ3) is 5.79. The van der Waals surface area contributed by atoms with Crippen molar-refractivity contribution in [2.24, 2.45) is 0 Å². The van der Waals surface area contributed by atoms with Crippen molar-refractivity contribution in [2.75, 3.05) is 38.3 Å². The van der Waals surface area contributed by atoms with Crippen LogP contribution in [0.5, 0.6) is 0 Å². The first-order chi connectivity index (χ1) is 9.54. The molecular weight excluding hydrogens is 274 g/mol. The van der Waals surface area contributed by atoms with Crippen molar-refractivity contribution >= 4 is 23.1 Å². The lowest BCUT2D eigenvalue weighted by atomic mass is 10.1. The van der Waals surface area contributed by atoms with Gasteiger partial charge in [0.25, 0.3) is 5.69 Å². The molecule has 1 rings (SSSR count). The molecule has 5 nitrogen and oxygen atoms in total. The van der Waals surface area contributed by atoms with Crippen molar-refractivity contribution in [1.82, 2.24) is 4.90 Å². The smallest absolute Gasteiger partial charge is 0.269 e. The highest BCUT2D eigenvalue weighted by atomic mass is 32.2. The van der Waals surface area contributed by atoms with Gasteiger partial charge in [0, 0.05) is 42.4 Å². The first-order valence-electron chi connectivity index (χ1n) is 6.78. The van der Waals surface area contributed by atoms with Gasteiger partial charge in [0.05, 0.1) is 4.92 Å². The highest BCUT2D eigenvalue weighted by Crippen LogP contribution is 2.26. The molecular formula is C14H23N3O2S. The van der Waals surface area contributed by atoms with Crippen LogP contribution < -0.4 is 5.32 Å². The van der Waals surface area contributed by atoms with Gasteiger partial charge in [-0.25, -0.2) is 0 Å². The van der Waals surface area contributed by atoms with Gasteiger partial charge < -0.3 is 10.2 Å². The predicted molar refractivity (Wildman–Crippen MR) is 86.6 cm³/mol. The van der Waals surface area contributed by atoms with E-state index in [0.717, 1.165) is 42.3 Å². The Morgan fingerprint density at radius 2 is 2.15 bits per heavy atom. The van der Waals surface area contributed by atoms with Gasteiger partial charge in [0.15, 0.2) is 0 Å². The summed E-state index contributed by atoms with van der Waals surface area (Å²) in [6.07, 6.45) is 1.03. The molecule has 0 saturated carbocycles. The Balaban J connectivity index is 2.71. The van der Waals surface area contributed by atoms with Gasteiger partial charge in [0.1, 0.15) is 0 Å². The number of non-ortho nitro benzene ring substituents is 1. The Bertz CT molecular complexity index is 438. The molecule has 0 amide bonds. The molecule has 0 radical (unpaired) electrons. The normalized spacial score (nSPS) is 10.8. The Morgan fingerprint density at radius 3 is 2.75 bits per heavy atom. The largest absolute Gasteiger partial charge is 0.385 e. The number of nitro groups is 1. The van der Waals surface area contributed by atoms with Crippen LogP contribution in [0.3, 0.4) is 0 Å². The molecule has 0 fully saturated rings. The molecule has 20 heavy (non-hydrogen) atoms. The summed E-state index contributed by atoms with van der Waals surface area (Å²) >= 11 is 1.80. The van der Waals surface area contributed by atoms with Crippen molar-refractivity contribution in [3.63, 3.8) is 0 Å². The van der Waals surface area contributed by atoms with E-state index >= 15 is 0 Å². The molecule has 1 aromatic carbocycles. The summed E-state index contributed by atoms with van der Waals surface area (Å²) in [6, 6.07) is 5.06. The van der Waals surface area contributed by atoms with Crippen molar-refractivity contribution in [3.8, 4) is 0 Å². The number of thioether (sulfide) groups is 1. The Hall–Kier alpha value is -1.27. The van der Waals surface area contributed by atoms with Crippen molar-refractivity contribution in [3.05, 3.63) is 33.9 Å². The number of anilines is 1. The summed E-state index contributed by atoms with van der Waals surface area (Å²) in [7, 11) is 4.09. The van der Waals surface area contributed by atoms with Crippen LogP contribution in [0.4, 0.5) is 11.4 Å². The lowest BCUT2D eigenvalue weighted by molar-refractivity contribution is -0.384. The molecule has 0 bridgehead atoms. The minimum Gasteiger partial charge on any atom is -0.385 e. The Kier molecular flexibility index (Phi) is 7.40. The van der Waals surface area contributed by atoms with E-state index in [4.69, 9.17) is 0 Å². The zero-order valence-electron chi connectivity index (χ0n) is 12.4. The fourth-order valence-corrected chi connectivity index (χ4v) is 2.77. The van der Waals surface area contributed by atoms with Gasteiger partial charge in [0.2, 0.25) is 0 Å². The van der Waals surface area contributed by atoms with Crippen LogP contribution in [-0.2, 0) is 5.75 Å². The van der Waals surface area contributed by atoms with E-state index in [0.29, 0.717) is 0 Å². The van der Waals surface area contributed by atoms with Gasteiger partial charge in [-0.15, -0.1) is 0 Å². The number of nitro benzene ring substituents is 1. The van der Waals surface area contributed by atoms with Crippen molar-refractivity contribution in [1.29, 1.82) is 0 Å². The highest BCUT2D eigenvalue weighted by molar-refractivity contribution is 7.98. The van der Waals surface area contributed by atoms with E-state index in [1.54, 1.807) is 23.9 Å². The van der Waals surface area contributed by atoms with Crippen molar-refractivity contribution < 1.29 is 4.92 Å². The molecule has 0 heterocycles. The number of hydrogen-bond acceptors (Lipinski definition) is 5. The van der Waals surface area contributed by atoms with E-state index in [2.05, 4.69) is 17.1 Å². The maximum atomic E-state index is 10.9. The van der Waals surface area contributed by atoms with Crippen LogP contribution in [0.2, 0.25) is 0 Å². The van der Waals surface area contributed by atoms with Crippen LogP contribution in [-0.4, -0.2) is 42.8 Å². The number of benzene rings is 1. The van der Waals surface area contributed by atoms with Crippen LogP contribution in [0.1, 0.15) is 18.9 Å².